The summed E-state index contributed by atoms with van der Waals surface area (Å²) in [7, 11) is -1.71. The van der Waals surface area contributed by atoms with Crippen LogP contribution in [0, 0.1) is 0 Å². The molecule has 0 saturated carbocycles. The Morgan fingerprint density at radius 1 is 1.25 bits per heavy atom. The second-order valence-corrected chi connectivity index (χ2v) is 14.9. The van der Waals surface area contributed by atoms with Gasteiger partial charge in [-0.25, -0.2) is 0 Å². The van der Waals surface area contributed by atoms with Gasteiger partial charge in [-0.3, -0.25) is 4.57 Å². The van der Waals surface area contributed by atoms with Crippen molar-refractivity contribution in [3.63, 3.8) is 0 Å². The summed E-state index contributed by atoms with van der Waals surface area (Å²) in [5, 5.41) is -0.312. The highest BCUT2D eigenvalue weighted by molar-refractivity contribution is 9.40. The molecule has 2 nitrogen and oxygen atoms in total. The molecular formula is C7H18BrO2PSi. The van der Waals surface area contributed by atoms with Crippen LogP contribution in [0.15, 0.2) is 0 Å². The molecule has 0 N–H and O–H groups in total. The van der Waals surface area contributed by atoms with Crippen molar-refractivity contribution in [3.8, 4) is 0 Å². The largest absolute Gasteiger partial charge is 0.362 e. The van der Waals surface area contributed by atoms with Gasteiger partial charge in [-0.15, -0.1) is 0 Å². The Morgan fingerprint density at radius 2 is 1.58 bits per heavy atom. The molecule has 1 atom stereocenters. The first-order valence-electron chi connectivity index (χ1n) is 3.96. The second-order valence-electron chi connectivity index (χ2n) is 4.85. The van der Waals surface area contributed by atoms with E-state index in [1.807, 2.05) is 40.4 Å². The molecule has 0 amide bonds. The summed E-state index contributed by atoms with van der Waals surface area (Å²) in [6.07, 6.45) is -2.62. The molecule has 0 aromatic carbocycles. The third kappa shape index (κ3) is 4.22. The molecule has 0 aliphatic rings. The van der Waals surface area contributed by atoms with Crippen LogP contribution < -0.4 is 0 Å². The molecule has 0 fully saturated rings. The van der Waals surface area contributed by atoms with Crippen LogP contribution in [0.4, 0.5) is 0 Å². The van der Waals surface area contributed by atoms with E-state index in [0.29, 0.717) is 0 Å². The van der Waals surface area contributed by atoms with Gasteiger partial charge in [0.1, 0.15) is 0 Å². The van der Waals surface area contributed by atoms with Crippen LogP contribution in [-0.4, -0.2) is 13.5 Å². The van der Waals surface area contributed by atoms with E-state index in [1.165, 1.54) is 0 Å². The van der Waals surface area contributed by atoms with Crippen LogP contribution in [-0.2, 0) is 8.78 Å². The fraction of sp³-hybridized carbons (Fsp3) is 1.00. The quantitative estimate of drug-likeness (QED) is 0.556. The normalized spacial score (nSPS) is 18.9. The number of hydrogen-bond acceptors (Lipinski definition) is 2. The number of rotatable bonds is 2. The lowest BCUT2D eigenvalue weighted by atomic mass is 10.3. The molecule has 0 heterocycles. The average molecular weight is 273 g/mol. The van der Waals surface area contributed by atoms with Crippen molar-refractivity contribution >= 4 is 29.9 Å². The monoisotopic (exact) mass is 272 g/mol. The highest BCUT2D eigenvalue weighted by Crippen LogP contribution is 2.66. The van der Waals surface area contributed by atoms with E-state index in [0.717, 1.165) is 0 Å². The zero-order chi connectivity index (χ0) is 10.2. The van der Waals surface area contributed by atoms with Crippen molar-refractivity contribution in [2.75, 3.05) is 0 Å². The van der Waals surface area contributed by atoms with Crippen molar-refractivity contribution < 1.29 is 8.78 Å². The summed E-state index contributed by atoms with van der Waals surface area (Å²) in [4.78, 5) is 0. The highest BCUT2D eigenvalue weighted by Gasteiger charge is 2.38. The topological polar surface area (TPSA) is 26.3 Å². The Balaban J connectivity index is 4.57. The smallest absolute Gasteiger partial charge is 0.261 e. The predicted molar refractivity (Wildman–Crippen MR) is 60.7 cm³/mol. The third-order valence-electron chi connectivity index (χ3n) is 1.19. The Kier molecular flexibility index (Phi) is 3.83. The van der Waals surface area contributed by atoms with Gasteiger partial charge in [0.15, 0.2) is 8.32 Å². The maximum atomic E-state index is 12.0. The van der Waals surface area contributed by atoms with E-state index < -0.39 is 14.4 Å². The fourth-order valence-electron chi connectivity index (χ4n) is 0.489. The minimum atomic E-state index is -2.62. The van der Waals surface area contributed by atoms with Crippen LogP contribution in [0.3, 0.4) is 0 Å². The van der Waals surface area contributed by atoms with E-state index in [1.54, 1.807) is 0 Å². The standard InChI is InChI=1S/C7H18BrO2PSi/c1-7(2,3)11(8,9)10-12(4,5)6/h1-6H3. The first-order valence-corrected chi connectivity index (χ1v) is 11.0. The van der Waals surface area contributed by atoms with Crippen molar-refractivity contribution in [2.24, 2.45) is 0 Å². The van der Waals surface area contributed by atoms with E-state index in [4.69, 9.17) is 4.21 Å². The molecule has 0 bridgehead atoms. The Hall–Kier alpha value is 0.887. The van der Waals surface area contributed by atoms with Gasteiger partial charge in [-0.2, -0.15) is 0 Å². The Morgan fingerprint density at radius 3 is 1.67 bits per heavy atom. The fourth-order valence-corrected chi connectivity index (χ4v) is 8.31. The lowest BCUT2D eigenvalue weighted by molar-refractivity contribution is 0.470. The molecule has 0 aromatic heterocycles. The molecule has 0 aliphatic carbocycles. The predicted octanol–water partition coefficient (Wildman–Crippen LogP) is 4.22. The Labute approximate surface area is 84.4 Å². The molecule has 1 unspecified atom stereocenters. The van der Waals surface area contributed by atoms with Crippen LogP contribution in [0.25, 0.3) is 0 Å². The molecule has 12 heavy (non-hydrogen) atoms. The molecular weight excluding hydrogens is 255 g/mol. The average Bonchev–Trinajstić information content (AvgIpc) is 1.52. The first kappa shape index (κ1) is 12.9. The van der Waals surface area contributed by atoms with Crippen LogP contribution in [0.2, 0.25) is 19.6 Å². The lowest BCUT2D eigenvalue weighted by Crippen LogP contribution is -2.27. The summed E-state index contributed by atoms with van der Waals surface area (Å²) < 4.78 is 17.6. The van der Waals surface area contributed by atoms with Gasteiger partial charge < -0.3 is 4.21 Å². The molecule has 5 heteroatoms. The van der Waals surface area contributed by atoms with Gasteiger partial charge in [0.2, 0.25) is 0 Å². The van der Waals surface area contributed by atoms with E-state index >= 15 is 0 Å². The van der Waals surface area contributed by atoms with Crippen LogP contribution in [0.5, 0.6) is 0 Å². The second kappa shape index (κ2) is 3.56. The van der Waals surface area contributed by atoms with Crippen molar-refractivity contribution in [3.05, 3.63) is 0 Å². The number of halogens is 1. The van der Waals surface area contributed by atoms with E-state index in [9.17, 15) is 4.57 Å². The summed E-state index contributed by atoms with van der Waals surface area (Å²) in [6.45, 7) is 11.9. The summed E-state index contributed by atoms with van der Waals surface area (Å²) in [6, 6.07) is 0. The third-order valence-corrected chi connectivity index (χ3v) is 10.4. The molecule has 0 radical (unpaired) electrons. The van der Waals surface area contributed by atoms with Crippen molar-refractivity contribution in [1.29, 1.82) is 0 Å². The summed E-state index contributed by atoms with van der Waals surface area (Å²) >= 11 is 3.21. The molecule has 74 valence electrons. The molecule has 0 spiro atoms. The molecule has 0 saturated heterocycles. The minimum Gasteiger partial charge on any atom is -0.362 e. The summed E-state index contributed by atoms with van der Waals surface area (Å²) in [5.41, 5.74) is 0. The van der Waals surface area contributed by atoms with Gasteiger partial charge in [0.25, 0.3) is 6.07 Å². The molecule has 0 rings (SSSR count). The van der Waals surface area contributed by atoms with Gasteiger partial charge in [-0.1, -0.05) is 20.8 Å². The minimum absolute atomic E-state index is 0.312. The Bertz CT molecular complexity index is 204. The molecule has 0 aliphatic heterocycles. The van der Waals surface area contributed by atoms with Crippen molar-refractivity contribution in [2.45, 2.75) is 45.6 Å². The lowest BCUT2D eigenvalue weighted by Gasteiger charge is -2.31. The molecule has 0 aromatic rings. The summed E-state index contributed by atoms with van der Waals surface area (Å²) in [5.74, 6) is 0. The highest BCUT2D eigenvalue weighted by atomic mass is 79.9. The zero-order valence-corrected chi connectivity index (χ0v) is 12.1. The van der Waals surface area contributed by atoms with Gasteiger partial charge in [0, 0.05) is 20.6 Å². The van der Waals surface area contributed by atoms with Gasteiger partial charge >= 0.3 is 0 Å². The number of hydrogen-bond donors (Lipinski definition) is 0. The van der Waals surface area contributed by atoms with Gasteiger partial charge in [0.05, 0.1) is 0 Å². The maximum absolute atomic E-state index is 12.0. The van der Waals surface area contributed by atoms with Crippen molar-refractivity contribution in [1.82, 2.24) is 0 Å². The first-order chi connectivity index (χ1) is 4.96. The maximum Gasteiger partial charge on any atom is 0.261 e. The van der Waals surface area contributed by atoms with Crippen LogP contribution in [0.1, 0.15) is 20.8 Å². The van der Waals surface area contributed by atoms with E-state index in [2.05, 4.69) is 15.5 Å². The van der Waals surface area contributed by atoms with Gasteiger partial charge in [-0.05, 0) is 19.6 Å². The van der Waals surface area contributed by atoms with E-state index in [-0.39, 0.29) is 5.16 Å². The SMILES string of the molecule is CC(C)(C)P(=O)(Br)O[Si](C)(C)C. The zero-order valence-electron chi connectivity index (χ0n) is 8.64. The van der Waals surface area contributed by atoms with Crippen LogP contribution >= 0.6 is 21.6 Å².